The number of aryl methyl sites for hydroxylation is 2. The van der Waals surface area contributed by atoms with Gasteiger partial charge >= 0.3 is 0 Å². The molecule has 0 fully saturated rings. The van der Waals surface area contributed by atoms with Gasteiger partial charge in [0, 0.05) is 23.5 Å². The molecular formula is C18H17NO2. The maximum Gasteiger partial charge on any atom is 0.152 e. The number of carbonyl (C=O) groups excluding carboxylic acids is 1. The first kappa shape index (κ1) is 13.6. The molecule has 0 radical (unpaired) electrons. The molecule has 3 rings (SSSR count). The molecule has 2 aromatic carbocycles. The summed E-state index contributed by atoms with van der Waals surface area (Å²) < 4.78 is 1.89. The van der Waals surface area contributed by atoms with Crippen LogP contribution in [0.5, 0.6) is 0 Å². The zero-order valence-electron chi connectivity index (χ0n) is 12.1. The van der Waals surface area contributed by atoms with Gasteiger partial charge in [0.05, 0.1) is 5.69 Å². The quantitative estimate of drug-likeness (QED) is 0.747. The third-order valence-corrected chi connectivity index (χ3v) is 3.96. The number of para-hydroxylation sites is 1. The second kappa shape index (κ2) is 5.19. The van der Waals surface area contributed by atoms with Crippen LogP contribution in [0, 0.1) is 6.92 Å². The molecule has 1 N–H and O–H groups in total. The summed E-state index contributed by atoms with van der Waals surface area (Å²) >= 11 is 0. The molecule has 0 aliphatic rings. The topological polar surface area (TPSA) is 42.2 Å². The summed E-state index contributed by atoms with van der Waals surface area (Å²) in [5.74, 6) is 0. The Hall–Kier alpha value is -2.39. The van der Waals surface area contributed by atoms with Crippen molar-refractivity contribution in [1.29, 1.82) is 0 Å². The molecule has 0 aliphatic heterocycles. The molecule has 3 nitrogen and oxygen atoms in total. The van der Waals surface area contributed by atoms with Crippen molar-refractivity contribution in [2.45, 2.75) is 13.0 Å². The summed E-state index contributed by atoms with van der Waals surface area (Å²) in [5.41, 5.74) is 4.06. The maximum absolute atomic E-state index is 11.5. The number of aromatic nitrogens is 1. The highest BCUT2D eigenvalue weighted by atomic mass is 16.3. The van der Waals surface area contributed by atoms with E-state index in [4.69, 9.17) is 0 Å². The lowest BCUT2D eigenvalue weighted by molar-refractivity contribution is 0.111. The van der Waals surface area contributed by atoms with Gasteiger partial charge in [0.2, 0.25) is 0 Å². The number of hydrogen-bond acceptors (Lipinski definition) is 2. The normalized spacial score (nSPS) is 12.5. The summed E-state index contributed by atoms with van der Waals surface area (Å²) in [4.78, 5) is 11.5. The Bertz CT molecular complexity index is 800. The van der Waals surface area contributed by atoms with Crippen molar-refractivity contribution >= 4 is 17.2 Å². The molecule has 1 unspecified atom stereocenters. The lowest BCUT2D eigenvalue weighted by atomic mass is 10.0. The molecule has 3 heteroatoms. The smallest absolute Gasteiger partial charge is 0.152 e. The van der Waals surface area contributed by atoms with Gasteiger partial charge in [0.25, 0.3) is 0 Å². The van der Waals surface area contributed by atoms with Crippen molar-refractivity contribution in [2.75, 3.05) is 0 Å². The summed E-state index contributed by atoms with van der Waals surface area (Å²) in [7, 11) is 1.88. The van der Waals surface area contributed by atoms with Gasteiger partial charge in [-0.15, -0.1) is 0 Å². The maximum atomic E-state index is 11.5. The molecule has 1 atom stereocenters. The van der Waals surface area contributed by atoms with E-state index in [1.165, 1.54) is 0 Å². The molecule has 1 aromatic heterocycles. The van der Waals surface area contributed by atoms with Crippen molar-refractivity contribution in [3.8, 4) is 0 Å². The van der Waals surface area contributed by atoms with E-state index < -0.39 is 6.10 Å². The van der Waals surface area contributed by atoms with Crippen LogP contribution in [0.3, 0.4) is 0 Å². The summed E-state index contributed by atoms with van der Waals surface area (Å²) in [6.07, 6.45) is 0.0120. The largest absolute Gasteiger partial charge is 0.382 e. The van der Waals surface area contributed by atoms with Crippen LogP contribution in [0.1, 0.15) is 33.3 Å². The van der Waals surface area contributed by atoms with Gasteiger partial charge < -0.3 is 9.67 Å². The number of aldehydes is 1. The fourth-order valence-electron chi connectivity index (χ4n) is 2.80. The van der Waals surface area contributed by atoms with E-state index >= 15 is 0 Å². The molecule has 1 heterocycles. The van der Waals surface area contributed by atoms with Gasteiger partial charge in [0.1, 0.15) is 6.10 Å². The molecule has 21 heavy (non-hydrogen) atoms. The van der Waals surface area contributed by atoms with Gasteiger partial charge in [-0.2, -0.15) is 0 Å². The van der Waals surface area contributed by atoms with E-state index in [1.54, 1.807) is 0 Å². The minimum absolute atomic E-state index is 0.557. The van der Waals surface area contributed by atoms with Crippen LogP contribution in [0.4, 0.5) is 0 Å². The Kier molecular flexibility index (Phi) is 3.35. The lowest BCUT2D eigenvalue weighted by Crippen LogP contribution is -2.08. The molecule has 0 spiro atoms. The van der Waals surface area contributed by atoms with E-state index in [2.05, 4.69) is 0 Å². The monoisotopic (exact) mass is 279 g/mol. The van der Waals surface area contributed by atoms with Crippen LogP contribution in [-0.4, -0.2) is 16.0 Å². The minimum atomic E-state index is -0.816. The number of aliphatic hydroxyl groups excluding tert-OH is 1. The van der Waals surface area contributed by atoms with Gasteiger partial charge in [0.15, 0.2) is 6.29 Å². The zero-order chi connectivity index (χ0) is 15.0. The average molecular weight is 279 g/mol. The van der Waals surface area contributed by atoms with Gasteiger partial charge in [-0.25, -0.2) is 0 Å². The Labute approximate surface area is 123 Å². The third-order valence-electron chi connectivity index (χ3n) is 3.96. The predicted octanol–water partition coefficient (Wildman–Crippen LogP) is 3.38. The van der Waals surface area contributed by atoms with E-state index in [0.29, 0.717) is 11.3 Å². The van der Waals surface area contributed by atoms with Crippen LogP contribution >= 0.6 is 0 Å². The predicted molar refractivity (Wildman–Crippen MR) is 83.5 cm³/mol. The molecular weight excluding hydrogens is 262 g/mol. The number of aliphatic hydroxyl groups is 1. The summed E-state index contributed by atoms with van der Waals surface area (Å²) in [6, 6.07) is 15.4. The minimum Gasteiger partial charge on any atom is -0.382 e. The number of rotatable bonds is 3. The Morgan fingerprint density at radius 3 is 2.43 bits per heavy atom. The average Bonchev–Trinajstić information content (AvgIpc) is 2.80. The van der Waals surface area contributed by atoms with E-state index in [9.17, 15) is 9.90 Å². The molecule has 0 saturated carbocycles. The highest BCUT2D eigenvalue weighted by Crippen LogP contribution is 2.31. The highest BCUT2D eigenvalue weighted by Gasteiger charge is 2.21. The van der Waals surface area contributed by atoms with Crippen molar-refractivity contribution in [3.63, 3.8) is 0 Å². The number of hydrogen-bond donors (Lipinski definition) is 1. The van der Waals surface area contributed by atoms with Crippen LogP contribution in [-0.2, 0) is 7.05 Å². The van der Waals surface area contributed by atoms with Crippen LogP contribution in [0.15, 0.2) is 48.5 Å². The first-order valence-corrected chi connectivity index (χ1v) is 6.90. The SMILES string of the molecule is Cc1ccc(C(O)c2c(C=O)c3ccccc3n2C)cc1. The van der Waals surface area contributed by atoms with Crippen LogP contribution in [0.2, 0.25) is 0 Å². The Morgan fingerprint density at radius 2 is 1.76 bits per heavy atom. The van der Waals surface area contributed by atoms with Crippen molar-refractivity contribution in [2.24, 2.45) is 7.05 Å². The van der Waals surface area contributed by atoms with Crippen LogP contribution in [0.25, 0.3) is 10.9 Å². The molecule has 0 amide bonds. The Morgan fingerprint density at radius 1 is 1.10 bits per heavy atom. The second-order valence-corrected chi connectivity index (χ2v) is 5.31. The summed E-state index contributed by atoms with van der Waals surface area (Å²) in [6.45, 7) is 2.00. The Balaban J connectivity index is 2.21. The lowest BCUT2D eigenvalue weighted by Gasteiger charge is -2.14. The second-order valence-electron chi connectivity index (χ2n) is 5.31. The standard InChI is InChI=1S/C18H17NO2/c1-12-7-9-13(10-8-12)18(21)17-15(11-20)14-5-3-4-6-16(14)19(17)2/h3-11,18,21H,1-2H3. The van der Waals surface area contributed by atoms with Crippen LogP contribution < -0.4 is 0 Å². The van der Waals surface area contributed by atoms with Gasteiger partial charge in [-0.3, -0.25) is 4.79 Å². The highest BCUT2D eigenvalue weighted by molar-refractivity contribution is 5.99. The van der Waals surface area contributed by atoms with Gasteiger partial charge in [-0.1, -0.05) is 48.0 Å². The first-order valence-electron chi connectivity index (χ1n) is 6.90. The van der Waals surface area contributed by atoms with Crippen molar-refractivity contribution < 1.29 is 9.90 Å². The van der Waals surface area contributed by atoms with Crippen molar-refractivity contribution in [3.05, 3.63) is 70.9 Å². The fourth-order valence-corrected chi connectivity index (χ4v) is 2.80. The molecule has 3 aromatic rings. The molecule has 0 aliphatic carbocycles. The zero-order valence-corrected chi connectivity index (χ0v) is 12.1. The summed E-state index contributed by atoms with van der Waals surface area (Å²) in [5, 5.41) is 11.6. The fraction of sp³-hybridized carbons (Fsp3) is 0.167. The number of nitrogens with zero attached hydrogens (tertiary/aromatic N) is 1. The first-order chi connectivity index (χ1) is 10.1. The van der Waals surface area contributed by atoms with E-state index in [1.807, 2.05) is 67.1 Å². The molecule has 0 bridgehead atoms. The van der Waals surface area contributed by atoms with E-state index in [-0.39, 0.29) is 0 Å². The van der Waals surface area contributed by atoms with E-state index in [0.717, 1.165) is 28.3 Å². The molecule has 106 valence electrons. The number of fused-ring (bicyclic) bond motifs is 1. The third kappa shape index (κ3) is 2.16. The number of benzene rings is 2. The molecule has 0 saturated heterocycles. The number of carbonyl (C=O) groups is 1. The van der Waals surface area contributed by atoms with Crippen molar-refractivity contribution in [1.82, 2.24) is 4.57 Å². The van der Waals surface area contributed by atoms with Gasteiger partial charge in [-0.05, 0) is 18.6 Å².